The SMILES string of the molecule is O=C(CSc1nnc(Cc2ccccc2)n1-c1ccc(Cl)cc1)Nc1cc([N+](=O)[O-])ccc1Cl. The van der Waals surface area contributed by atoms with E-state index in [1.54, 1.807) is 12.1 Å². The molecule has 3 aromatic carbocycles. The molecule has 1 heterocycles. The number of nitrogens with one attached hydrogen (secondary N) is 1. The largest absolute Gasteiger partial charge is 0.324 e. The average molecular weight is 514 g/mol. The Balaban J connectivity index is 1.54. The number of benzene rings is 3. The highest BCUT2D eigenvalue weighted by Crippen LogP contribution is 2.28. The smallest absolute Gasteiger partial charge is 0.271 e. The van der Waals surface area contributed by atoms with Crippen LogP contribution in [0.1, 0.15) is 11.4 Å². The van der Waals surface area contributed by atoms with Gasteiger partial charge in [-0.1, -0.05) is 65.3 Å². The van der Waals surface area contributed by atoms with Crippen LogP contribution in [0.4, 0.5) is 11.4 Å². The second-order valence-electron chi connectivity index (χ2n) is 7.13. The molecule has 0 spiro atoms. The van der Waals surface area contributed by atoms with Crippen LogP contribution in [-0.4, -0.2) is 31.3 Å². The predicted molar refractivity (Wildman–Crippen MR) is 133 cm³/mol. The molecule has 0 aliphatic carbocycles. The third-order valence-electron chi connectivity index (χ3n) is 4.76. The summed E-state index contributed by atoms with van der Waals surface area (Å²) >= 11 is 13.3. The third kappa shape index (κ3) is 5.74. The van der Waals surface area contributed by atoms with Gasteiger partial charge in [0.2, 0.25) is 5.91 Å². The molecule has 0 unspecified atom stereocenters. The molecule has 0 bridgehead atoms. The van der Waals surface area contributed by atoms with Gasteiger partial charge in [0.05, 0.1) is 21.4 Å². The van der Waals surface area contributed by atoms with E-state index in [1.165, 1.54) is 30.0 Å². The first-order chi connectivity index (χ1) is 16.4. The van der Waals surface area contributed by atoms with Gasteiger partial charge in [0.1, 0.15) is 5.82 Å². The molecule has 8 nitrogen and oxygen atoms in total. The van der Waals surface area contributed by atoms with Crippen LogP contribution in [0.15, 0.2) is 78.0 Å². The fourth-order valence-electron chi connectivity index (χ4n) is 3.18. The first-order valence-electron chi connectivity index (χ1n) is 10.0. The van der Waals surface area contributed by atoms with E-state index >= 15 is 0 Å². The van der Waals surface area contributed by atoms with E-state index in [1.807, 2.05) is 47.0 Å². The van der Waals surface area contributed by atoms with Crippen molar-refractivity contribution in [3.63, 3.8) is 0 Å². The van der Waals surface area contributed by atoms with Crippen LogP contribution in [-0.2, 0) is 11.2 Å². The fraction of sp³-hybridized carbons (Fsp3) is 0.0870. The Bertz CT molecular complexity index is 1330. The molecule has 0 atom stereocenters. The van der Waals surface area contributed by atoms with E-state index in [0.717, 1.165) is 11.3 Å². The molecule has 0 aliphatic heterocycles. The lowest BCUT2D eigenvalue weighted by Gasteiger charge is -2.11. The van der Waals surface area contributed by atoms with Gasteiger partial charge in [0.25, 0.3) is 5.69 Å². The van der Waals surface area contributed by atoms with Crippen LogP contribution >= 0.6 is 35.0 Å². The van der Waals surface area contributed by atoms with E-state index < -0.39 is 4.92 Å². The standard InChI is InChI=1S/C23H17Cl2N5O3S/c24-16-6-8-17(9-7-16)29-21(12-15-4-2-1-3-5-15)27-28-23(29)34-14-22(31)26-20-13-18(30(32)33)10-11-19(20)25/h1-11,13H,12,14H2,(H,26,31). The number of hydrogen-bond acceptors (Lipinski definition) is 6. The molecule has 1 N–H and O–H groups in total. The summed E-state index contributed by atoms with van der Waals surface area (Å²) < 4.78 is 1.88. The minimum atomic E-state index is -0.552. The lowest BCUT2D eigenvalue weighted by atomic mass is 10.1. The van der Waals surface area contributed by atoms with Crippen molar-refractivity contribution in [3.05, 3.63) is 104 Å². The zero-order valence-corrected chi connectivity index (χ0v) is 19.8. The van der Waals surface area contributed by atoms with Crippen LogP contribution in [0, 0.1) is 10.1 Å². The number of hydrogen-bond donors (Lipinski definition) is 1. The molecule has 0 fully saturated rings. The fourth-order valence-corrected chi connectivity index (χ4v) is 4.24. The minimum Gasteiger partial charge on any atom is -0.324 e. The number of non-ortho nitro benzene ring substituents is 1. The predicted octanol–water partition coefficient (Wildman–Crippen LogP) is 5.80. The minimum absolute atomic E-state index is 0.00389. The lowest BCUT2D eigenvalue weighted by Crippen LogP contribution is -2.15. The maximum atomic E-state index is 12.6. The summed E-state index contributed by atoms with van der Waals surface area (Å²) in [5.74, 6) is 0.316. The monoisotopic (exact) mass is 513 g/mol. The normalized spacial score (nSPS) is 10.8. The van der Waals surface area contributed by atoms with E-state index in [0.29, 0.717) is 22.4 Å². The second kappa shape index (κ2) is 10.7. The summed E-state index contributed by atoms with van der Waals surface area (Å²) in [7, 11) is 0. The van der Waals surface area contributed by atoms with Gasteiger partial charge in [-0.05, 0) is 35.9 Å². The van der Waals surface area contributed by atoms with Gasteiger partial charge >= 0.3 is 0 Å². The Labute approximate surface area is 209 Å². The van der Waals surface area contributed by atoms with Crippen molar-refractivity contribution in [2.24, 2.45) is 0 Å². The van der Waals surface area contributed by atoms with Crippen molar-refractivity contribution in [1.82, 2.24) is 14.8 Å². The first-order valence-corrected chi connectivity index (χ1v) is 11.8. The summed E-state index contributed by atoms with van der Waals surface area (Å²) in [6.07, 6.45) is 0.548. The molecular formula is C23H17Cl2N5O3S. The Morgan fingerprint density at radius 2 is 1.76 bits per heavy atom. The Hall–Kier alpha value is -3.40. The van der Waals surface area contributed by atoms with E-state index in [9.17, 15) is 14.9 Å². The van der Waals surface area contributed by atoms with Crippen molar-refractivity contribution in [2.75, 3.05) is 11.1 Å². The van der Waals surface area contributed by atoms with Gasteiger partial charge in [0, 0.05) is 29.3 Å². The molecule has 1 aromatic heterocycles. The molecule has 0 aliphatic rings. The number of amides is 1. The van der Waals surface area contributed by atoms with Crippen LogP contribution in [0.2, 0.25) is 10.0 Å². The van der Waals surface area contributed by atoms with Crippen molar-refractivity contribution in [2.45, 2.75) is 11.6 Å². The van der Waals surface area contributed by atoms with Gasteiger partial charge in [-0.15, -0.1) is 10.2 Å². The Morgan fingerprint density at radius 1 is 1.03 bits per heavy atom. The van der Waals surface area contributed by atoms with Crippen molar-refractivity contribution < 1.29 is 9.72 Å². The van der Waals surface area contributed by atoms with Crippen LogP contribution < -0.4 is 5.32 Å². The van der Waals surface area contributed by atoms with Crippen molar-refractivity contribution >= 4 is 52.2 Å². The van der Waals surface area contributed by atoms with Crippen LogP contribution in [0.5, 0.6) is 0 Å². The van der Waals surface area contributed by atoms with Crippen LogP contribution in [0.3, 0.4) is 0 Å². The molecule has 11 heteroatoms. The highest BCUT2D eigenvalue weighted by atomic mass is 35.5. The molecular weight excluding hydrogens is 497 g/mol. The van der Waals surface area contributed by atoms with Gasteiger partial charge in [0.15, 0.2) is 5.16 Å². The van der Waals surface area contributed by atoms with E-state index in [-0.39, 0.29) is 28.1 Å². The number of anilines is 1. The molecule has 0 saturated heterocycles. The molecule has 172 valence electrons. The summed E-state index contributed by atoms with van der Waals surface area (Å²) in [5, 5.41) is 23.6. The molecule has 0 radical (unpaired) electrons. The van der Waals surface area contributed by atoms with E-state index in [4.69, 9.17) is 23.2 Å². The topological polar surface area (TPSA) is 103 Å². The Kier molecular flexibility index (Phi) is 7.46. The van der Waals surface area contributed by atoms with Gasteiger partial charge in [-0.2, -0.15) is 0 Å². The first kappa shape index (κ1) is 23.7. The summed E-state index contributed by atoms with van der Waals surface area (Å²) in [5.41, 5.74) is 1.88. The maximum absolute atomic E-state index is 12.6. The second-order valence-corrected chi connectivity index (χ2v) is 8.92. The highest BCUT2D eigenvalue weighted by Gasteiger charge is 2.18. The number of halogens is 2. The molecule has 4 aromatic rings. The summed E-state index contributed by atoms with van der Waals surface area (Å²) in [4.78, 5) is 23.0. The molecule has 1 amide bonds. The number of nitro groups is 1. The average Bonchev–Trinajstić information content (AvgIpc) is 3.22. The van der Waals surface area contributed by atoms with Gasteiger partial charge < -0.3 is 5.32 Å². The highest BCUT2D eigenvalue weighted by molar-refractivity contribution is 7.99. The zero-order chi connectivity index (χ0) is 24.1. The maximum Gasteiger partial charge on any atom is 0.271 e. The summed E-state index contributed by atoms with van der Waals surface area (Å²) in [6, 6.07) is 21.0. The van der Waals surface area contributed by atoms with Crippen molar-refractivity contribution in [3.8, 4) is 5.69 Å². The number of nitro benzene ring substituents is 1. The zero-order valence-electron chi connectivity index (χ0n) is 17.5. The van der Waals surface area contributed by atoms with E-state index in [2.05, 4.69) is 15.5 Å². The van der Waals surface area contributed by atoms with Gasteiger partial charge in [-0.25, -0.2) is 0 Å². The quantitative estimate of drug-likeness (QED) is 0.181. The molecule has 34 heavy (non-hydrogen) atoms. The number of rotatable bonds is 8. The summed E-state index contributed by atoms with van der Waals surface area (Å²) in [6.45, 7) is 0. The molecule has 0 saturated carbocycles. The number of thioether (sulfide) groups is 1. The van der Waals surface area contributed by atoms with Crippen molar-refractivity contribution in [1.29, 1.82) is 0 Å². The Morgan fingerprint density at radius 3 is 2.47 bits per heavy atom. The number of aromatic nitrogens is 3. The number of carbonyl (C=O) groups excluding carboxylic acids is 1. The lowest BCUT2D eigenvalue weighted by molar-refractivity contribution is -0.384. The van der Waals surface area contributed by atoms with Crippen LogP contribution in [0.25, 0.3) is 5.69 Å². The number of carbonyl (C=O) groups is 1. The van der Waals surface area contributed by atoms with Gasteiger partial charge in [-0.3, -0.25) is 19.5 Å². The molecule has 4 rings (SSSR count). The number of nitrogens with zero attached hydrogens (tertiary/aromatic N) is 4. The third-order valence-corrected chi connectivity index (χ3v) is 6.27.